The summed E-state index contributed by atoms with van der Waals surface area (Å²) in [6.45, 7) is 2.26. The molecule has 5 heteroatoms. The molecule has 0 aliphatic heterocycles. The first-order chi connectivity index (χ1) is 9.56. The zero-order valence-electron chi connectivity index (χ0n) is 11.7. The van der Waals surface area contributed by atoms with E-state index in [-0.39, 0.29) is 5.41 Å². The summed E-state index contributed by atoms with van der Waals surface area (Å²) in [4.78, 5) is 0. The first-order valence-electron chi connectivity index (χ1n) is 6.91. The molecule has 1 aromatic carbocycles. The van der Waals surface area contributed by atoms with E-state index in [9.17, 15) is 0 Å². The topological polar surface area (TPSA) is 30.7 Å². The van der Waals surface area contributed by atoms with Crippen molar-refractivity contribution in [2.45, 2.75) is 36.8 Å². The van der Waals surface area contributed by atoms with E-state index in [1.54, 1.807) is 0 Å². The molecule has 1 aliphatic carbocycles. The average Bonchev–Trinajstić information content (AvgIpc) is 2.71. The molecular weight excluding hydrogens is 334 g/mol. The molecule has 0 atom stereocenters. The fourth-order valence-electron chi connectivity index (χ4n) is 3.29. The molecule has 106 valence electrons. The number of benzene rings is 1. The highest BCUT2D eigenvalue weighted by Gasteiger charge is 2.49. The summed E-state index contributed by atoms with van der Waals surface area (Å²) in [6.07, 6.45) is 3.50. The summed E-state index contributed by atoms with van der Waals surface area (Å²) >= 11 is 7.95. The van der Waals surface area contributed by atoms with Gasteiger partial charge in [0, 0.05) is 11.5 Å². The van der Waals surface area contributed by atoms with Crippen molar-refractivity contribution in [3.05, 3.63) is 40.1 Å². The molecular formula is C15H18BrN3S. The maximum Gasteiger partial charge on any atom is 0.187 e. The normalized spacial score (nSPS) is 25.5. The van der Waals surface area contributed by atoms with Crippen LogP contribution in [0.1, 0.15) is 37.6 Å². The van der Waals surface area contributed by atoms with Crippen molar-refractivity contribution in [3.8, 4) is 0 Å². The molecule has 3 rings (SSSR count). The molecule has 1 heterocycles. The van der Waals surface area contributed by atoms with Gasteiger partial charge in [0.05, 0.1) is 5.41 Å². The molecule has 1 aromatic heterocycles. The molecule has 1 saturated carbocycles. The maximum absolute atomic E-state index is 4.41. The monoisotopic (exact) mass is 351 g/mol. The van der Waals surface area contributed by atoms with Crippen molar-refractivity contribution in [1.82, 2.24) is 14.8 Å². The molecule has 0 spiro atoms. The predicted molar refractivity (Wildman–Crippen MR) is 86.2 cm³/mol. The molecule has 20 heavy (non-hydrogen) atoms. The SMILES string of the molecule is CCC1CC(c2cccc(Br)c2)(c2nnc(S)n2C)C1. The summed E-state index contributed by atoms with van der Waals surface area (Å²) in [5, 5.41) is 9.21. The van der Waals surface area contributed by atoms with E-state index in [1.165, 1.54) is 12.0 Å². The van der Waals surface area contributed by atoms with Crippen LogP contribution in [0.5, 0.6) is 0 Å². The minimum Gasteiger partial charge on any atom is -0.309 e. The fourth-order valence-corrected chi connectivity index (χ4v) is 3.82. The van der Waals surface area contributed by atoms with Crippen molar-refractivity contribution in [1.29, 1.82) is 0 Å². The van der Waals surface area contributed by atoms with Gasteiger partial charge < -0.3 is 4.57 Å². The van der Waals surface area contributed by atoms with Gasteiger partial charge in [0.15, 0.2) is 5.16 Å². The minimum absolute atomic E-state index is 0.00676. The highest BCUT2D eigenvalue weighted by Crippen LogP contribution is 2.53. The summed E-state index contributed by atoms with van der Waals surface area (Å²) in [7, 11) is 2.00. The van der Waals surface area contributed by atoms with Gasteiger partial charge in [0.2, 0.25) is 0 Å². The van der Waals surface area contributed by atoms with Gasteiger partial charge in [-0.3, -0.25) is 0 Å². The third-order valence-electron chi connectivity index (χ3n) is 4.51. The number of halogens is 1. The number of thiol groups is 1. The van der Waals surface area contributed by atoms with Crippen LogP contribution in [0.15, 0.2) is 33.9 Å². The number of aromatic nitrogens is 3. The quantitative estimate of drug-likeness (QED) is 0.848. The van der Waals surface area contributed by atoms with Gasteiger partial charge in [-0.1, -0.05) is 41.4 Å². The third-order valence-corrected chi connectivity index (χ3v) is 5.39. The van der Waals surface area contributed by atoms with E-state index in [0.717, 1.165) is 29.1 Å². The second kappa shape index (κ2) is 5.19. The van der Waals surface area contributed by atoms with E-state index in [4.69, 9.17) is 0 Å². The molecule has 0 unspecified atom stereocenters. The van der Waals surface area contributed by atoms with Gasteiger partial charge >= 0.3 is 0 Å². The Kier molecular flexibility index (Phi) is 3.67. The standard InChI is InChI=1S/C15H18BrN3S/c1-3-10-8-15(9-10,11-5-4-6-12(16)7-11)13-17-18-14(20)19(13)2/h4-7,10H,3,8-9H2,1-2H3,(H,18,20). The Morgan fingerprint density at radius 1 is 1.40 bits per heavy atom. The Balaban J connectivity index is 2.09. The zero-order valence-corrected chi connectivity index (χ0v) is 14.2. The van der Waals surface area contributed by atoms with Crippen LogP contribution in [0.3, 0.4) is 0 Å². The molecule has 0 bridgehead atoms. The lowest BCUT2D eigenvalue weighted by Crippen LogP contribution is -2.44. The van der Waals surface area contributed by atoms with Crippen molar-refractivity contribution < 1.29 is 0 Å². The molecule has 2 aromatic rings. The smallest absolute Gasteiger partial charge is 0.187 e. The molecule has 1 fully saturated rings. The lowest BCUT2D eigenvalue weighted by Gasteiger charge is -2.47. The van der Waals surface area contributed by atoms with Gasteiger partial charge in [-0.15, -0.1) is 22.8 Å². The van der Waals surface area contributed by atoms with Crippen LogP contribution in [0.2, 0.25) is 0 Å². The van der Waals surface area contributed by atoms with Crippen LogP contribution >= 0.6 is 28.6 Å². The third kappa shape index (κ3) is 2.11. The van der Waals surface area contributed by atoms with E-state index in [0.29, 0.717) is 5.16 Å². The fraction of sp³-hybridized carbons (Fsp3) is 0.467. The van der Waals surface area contributed by atoms with E-state index in [1.807, 2.05) is 11.6 Å². The lowest BCUT2D eigenvalue weighted by molar-refractivity contribution is 0.163. The van der Waals surface area contributed by atoms with Crippen molar-refractivity contribution in [2.24, 2.45) is 13.0 Å². The summed E-state index contributed by atoms with van der Waals surface area (Å²) in [5.74, 6) is 1.80. The maximum atomic E-state index is 4.41. The molecule has 0 radical (unpaired) electrons. The van der Waals surface area contributed by atoms with Crippen LogP contribution in [-0.2, 0) is 12.5 Å². The Bertz CT molecular complexity index is 632. The second-order valence-electron chi connectivity index (χ2n) is 5.66. The first kappa shape index (κ1) is 14.1. The van der Waals surface area contributed by atoms with E-state index < -0.39 is 0 Å². The number of rotatable bonds is 3. The molecule has 3 nitrogen and oxygen atoms in total. The summed E-state index contributed by atoms with van der Waals surface area (Å²) in [5.41, 5.74) is 1.31. The van der Waals surface area contributed by atoms with E-state index in [2.05, 4.69) is 69.9 Å². The van der Waals surface area contributed by atoms with Gasteiger partial charge in [0.1, 0.15) is 5.82 Å². The Morgan fingerprint density at radius 2 is 2.15 bits per heavy atom. The van der Waals surface area contributed by atoms with Crippen LogP contribution in [0, 0.1) is 5.92 Å². The molecule has 0 amide bonds. The van der Waals surface area contributed by atoms with Gasteiger partial charge in [-0.05, 0) is 36.5 Å². The largest absolute Gasteiger partial charge is 0.309 e. The Morgan fingerprint density at radius 3 is 2.70 bits per heavy atom. The highest BCUT2D eigenvalue weighted by atomic mass is 79.9. The average molecular weight is 352 g/mol. The Hall–Kier alpha value is -0.810. The predicted octanol–water partition coefficient (Wildman–Crippen LogP) is 3.97. The molecule has 1 aliphatic rings. The zero-order chi connectivity index (χ0) is 14.3. The van der Waals surface area contributed by atoms with E-state index >= 15 is 0 Å². The van der Waals surface area contributed by atoms with Crippen LogP contribution < -0.4 is 0 Å². The second-order valence-corrected chi connectivity index (χ2v) is 6.97. The first-order valence-corrected chi connectivity index (χ1v) is 8.15. The lowest BCUT2D eigenvalue weighted by atomic mass is 9.57. The summed E-state index contributed by atoms with van der Waals surface area (Å²) in [6, 6.07) is 8.56. The number of hydrogen-bond acceptors (Lipinski definition) is 3. The molecule has 0 N–H and O–H groups in total. The molecule has 0 saturated heterocycles. The highest BCUT2D eigenvalue weighted by molar-refractivity contribution is 9.10. The summed E-state index contributed by atoms with van der Waals surface area (Å²) < 4.78 is 3.12. The van der Waals surface area contributed by atoms with Gasteiger partial charge in [0.25, 0.3) is 0 Å². The van der Waals surface area contributed by atoms with Crippen molar-refractivity contribution in [2.75, 3.05) is 0 Å². The Labute approximate surface area is 133 Å². The van der Waals surface area contributed by atoms with Crippen LogP contribution in [0.4, 0.5) is 0 Å². The van der Waals surface area contributed by atoms with Gasteiger partial charge in [-0.25, -0.2) is 0 Å². The number of nitrogens with zero attached hydrogens (tertiary/aromatic N) is 3. The number of hydrogen-bond donors (Lipinski definition) is 1. The van der Waals surface area contributed by atoms with Gasteiger partial charge in [-0.2, -0.15) is 0 Å². The van der Waals surface area contributed by atoms with Crippen molar-refractivity contribution >= 4 is 28.6 Å². The van der Waals surface area contributed by atoms with Crippen LogP contribution in [-0.4, -0.2) is 14.8 Å². The minimum atomic E-state index is -0.00676. The van der Waals surface area contributed by atoms with Crippen molar-refractivity contribution in [3.63, 3.8) is 0 Å². The van der Waals surface area contributed by atoms with Crippen LogP contribution in [0.25, 0.3) is 0 Å².